The van der Waals surface area contributed by atoms with E-state index in [1.807, 2.05) is 12.1 Å². The Kier molecular flexibility index (Phi) is 6.22. The van der Waals surface area contributed by atoms with E-state index in [1.54, 1.807) is 0 Å². The van der Waals surface area contributed by atoms with Gasteiger partial charge in [0, 0.05) is 11.8 Å². The summed E-state index contributed by atoms with van der Waals surface area (Å²) in [4.78, 5) is 12.5. The van der Waals surface area contributed by atoms with Crippen LogP contribution >= 0.6 is 0 Å². The first kappa shape index (κ1) is 20.8. The Morgan fingerprint density at radius 1 is 1.14 bits per heavy atom. The smallest absolute Gasteiger partial charge is 0.306 e. The van der Waals surface area contributed by atoms with E-state index < -0.39 is 0 Å². The Bertz CT molecular complexity index is 727. The minimum atomic E-state index is 0.0277. The minimum absolute atomic E-state index is 0.0277. The molecule has 3 aliphatic carbocycles. The predicted molar refractivity (Wildman–Crippen MR) is 116 cm³/mol. The van der Waals surface area contributed by atoms with Gasteiger partial charge in [-0.2, -0.15) is 0 Å². The highest BCUT2D eigenvalue weighted by atomic mass is 16.5. The van der Waals surface area contributed by atoms with Crippen molar-refractivity contribution in [2.75, 3.05) is 0 Å². The molecular formula is C26H38O3. The molecule has 160 valence electrons. The highest BCUT2D eigenvalue weighted by Crippen LogP contribution is 2.61. The Hall–Kier alpha value is -1.51. The van der Waals surface area contributed by atoms with Crippen molar-refractivity contribution >= 4 is 5.97 Å². The molecule has 0 radical (unpaired) electrons. The van der Waals surface area contributed by atoms with Crippen LogP contribution in [0.4, 0.5) is 0 Å². The molecule has 2 saturated carbocycles. The van der Waals surface area contributed by atoms with Gasteiger partial charge in [0.15, 0.2) is 0 Å². The van der Waals surface area contributed by atoms with Gasteiger partial charge in [-0.3, -0.25) is 4.79 Å². The standard InChI is InChI=1S/C26H38O3/c1-3-4-5-6-7-8-25(28)29-24-14-13-23-22-11-9-18-17-19(27)10-12-20(18)21(22)15-16-26(23,24)2/h10,12,17,21-24,27H,3-9,11,13-16H2,1-2H3/t21-,22-,23+,24+,26+/m1/s1. The fraction of sp³-hybridized carbons (Fsp3) is 0.731. The Labute approximate surface area is 176 Å². The number of hydrogen-bond donors (Lipinski definition) is 1. The van der Waals surface area contributed by atoms with E-state index in [9.17, 15) is 9.90 Å². The van der Waals surface area contributed by atoms with Gasteiger partial charge in [-0.25, -0.2) is 0 Å². The fourth-order valence-corrected chi connectivity index (χ4v) is 6.80. The van der Waals surface area contributed by atoms with E-state index in [-0.39, 0.29) is 17.5 Å². The van der Waals surface area contributed by atoms with Crippen LogP contribution in [0.15, 0.2) is 18.2 Å². The summed E-state index contributed by atoms with van der Waals surface area (Å²) in [6, 6.07) is 5.99. The number of aryl methyl sites for hydroxylation is 1. The van der Waals surface area contributed by atoms with Crippen molar-refractivity contribution in [1.29, 1.82) is 0 Å². The highest BCUT2D eigenvalue weighted by Gasteiger charge is 2.56. The maximum Gasteiger partial charge on any atom is 0.306 e. The average Bonchev–Trinajstić information content (AvgIpc) is 3.03. The third-order valence-corrected chi connectivity index (χ3v) is 8.38. The maximum atomic E-state index is 12.5. The highest BCUT2D eigenvalue weighted by molar-refractivity contribution is 5.69. The number of hydrogen-bond acceptors (Lipinski definition) is 3. The van der Waals surface area contributed by atoms with Gasteiger partial charge in [-0.1, -0.05) is 45.6 Å². The normalized spacial score (nSPS) is 32.9. The maximum absolute atomic E-state index is 12.5. The van der Waals surface area contributed by atoms with Gasteiger partial charge in [-0.15, -0.1) is 0 Å². The van der Waals surface area contributed by atoms with Gasteiger partial charge >= 0.3 is 5.97 Å². The first-order valence-corrected chi connectivity index (χ1v) is 12.0. The van der Waals surface area contributed by atoms with E-state index >= 15 is 0 Å². The molecule has 0 bridgehead atoms. The second-order valence-corrected chi connectivity index (χ2v) is 10.1. The minimum Gasteiger partial charge on any atom is -0.508 e. The lowest BCUT2D eigenvalue weighted by molar-refractivity contribution is -0.157. The second-order valence-electron chi connectivity index (χ2n) is 10.1. The summed E-state index contributed by atoms with van der Waals surface area (Å²) < 4.78 is 6.08. The van der Waals surface area contributed by atoms with E-state index in [0.717, 1.165) is 32.1 Å². The van der Waals surface area contributed by atoms with Crippen molar-refractivity contribution in [3.8, 4) is 5.75 Å². The Balaban J connectivity index is 1.38. The molecule has 0 spiro atoms. The van der Waals surface area contributed by atoms with Crippen molar-refractivity contribution in [1.82, 2.24) is 0 Å². The SMILES string of the molecule is CCCCCCCC(=O)O[C@H]1CC[C@H]2[C@@H]3CCc4cc(O)ccc4[C@H]3CC[C@]12C. The lowest BCUT2D eigenvalue weighted by Crippen LogP contribution is -2.45. The number of aromatic hydroxyl groups is 1. The molecule has 3 nitrogen and oxygen atoms in total. The molecule has 2 fully saturated rings. The van der Waals surface area contributed by atoms with Crippen molar-refractivity contribution in [3.63, 3.8) is 0 Å². The average molecular weight is 399 g/mol. The number of fused-ring (bicyclic) bond motifs is 5. The predicted octanol–water partition coefficient (Wildman–Crippen LogP) is 6.52. The zero-order valence-corrected chi connectivity index (χ0v) is 18.3. The van der Waals surface area contributed by atoms with Gasteiger partial charge in [0.2, 0.25) is 0 Å². The van der Waals surface area contributed by atoms with Crippen LogP contribution in [-0.4, -0.2) is 17.2 Å². The number of esters is 1. The van der Waals surface area contributed by atoms with E-state index in [0.29, 0.717) is 29.9 Å². The third kappa shape index (κ3) is 4.07. The summed E-state index contributed by atoms with van der Waals surface area (Å²) in [5.41, 5.74) is 2.96. The van der Waals surface area contributed by atoms with Crippen molar-refractivity contribution in [2.45, 2.75) is 103 Å². The van der Waals surface area contributed by atoms with Gasteiger partial charge in [0.25, 0.3) is 0 Å². The van der Waals surface area contributed by atoms with Crippen LogP contribution < -0.4 is 0 Å². The second kappa shape index (κ2) is 8.70. The number of benzene rings is 1. The quantitative estimate of drug-likeness (QED) is 0.420. The number of carbonyl (C=O) groups excluding carboxylic acids is 1. The zero-order valence-electron chi connectivity index (χ0n) is 18.3. The molecule has 1 aromatic rings. The topological polar surface area (TPSA) is 46.5 Å². The molecule has 0 aromatic heterocycles. The third-order valence-electron chi connectivity index (χ3n) is 8.38. The molecule has 3 aliphatic rings. The van der Waals surface area contributed by atoms with Crippen LogP contribution in [0.3, 0.4) is 0 Å². The van der Waals surface area contributed by atoms with Gasteiger partial charge in [0.05, 0.1) is 0 Å². The lowest BCUT2D eigenvalue weighted by Gasteiger charge is -2.50. The van der Waals surface area contributed by atoms with Crippen molar-refractivity contribution in [3.05, 3.63) is 29.3 Å². The van der Waals surface area contributed by atoms with Crippen molar-refractivity contribution in [2.24, 2.45) is 17.3 Å². The largest absolute Gasteiger partial charge is 0.508 e. The van der Waals surface area contributed by atoms with Crippen LogP contribution in [0.1, 0.15) is 102 Å². The summed E-state index contributed by atoms with van der Waals surface area (Å²) in [7, 11) is 0. The molecule has 0 heterocycles. The zero-order chi connectivity index (χ0) is 20.4. The summed E-state index contributed by atoms with van der Waals surface area (Å²) >= 11 is 0. The molecule has 0 amide bonds. The summed E-state index contributed by atoms with van der Waals surface area (Å²) in [6.07, 6.45) is 13.4. The number of phenolic OH excluding ortho intramolecular Hbond substituents is 1. The number of rotatable bonds is 7. The number of carbonyl (C=O) groups is 1. The van der Waals surface area contributed by atoms with Crippen LogP contribution in [-0.2, 0) is 16.0 Å². The lowest BCUT2D eigenvalue weighted by atomic mass is 9.55. The Morgan fingerprint density at radius 2 is 1.97 bits per heavy atom. The van der Waals surface area contributed by atoms with Gasteiger partial charge in [0.1, 0.15) is 11.9 Å². The fourth-order valence-electron chi connectivity index (χ4n) is 6.80. The van der Waals surface area contributed by atoms with Crippen molar-refractivity contribution < 1.29 is 14.6 Å². The number of unbranched alkanes of at least 4 members (excludes halogenated alkanes) is 4. The van der Waals surface area contributed by atoms with Crippen LogP contribution in [0.2, 0.25) is 0 Å². The summed E-state index contributed by atoms with van der Waals surface area (Å²) in [6.45, 7) is 4.61. The molecule has 0 saturated heterocycles. The van der Waals surface area contributed by atoms with Gasteiger partial charge in [-0.05, 0) is 86.0 Å². The molecule has 5 atom stereocenters. The summed E-state index contributed by atoms with van der Waals surface area (Å²) in [5.74, 6) is 2.39. The van der Waals surface area contributed by atoms with Crippen LogP contribution in [0, 0.1) is 17.3 Å². The molecule has 1 N–H and O–H groups in total. The molecular weight excluding hydrogens is 360 g/mol. The first-order valence-electron chi connectivity index (χ1n) is 12.0. The molecule has 1 aromatic carbocycles. The summed E-state index contributed by atoms with van der Waals surface area (Å²) in [5, 5.41) is 9.85. The first-order chi connectivity index (χ1) is 14.0. The molecule has 29 heavy (non-hydrogen) atoms. The van der Waals surface area contributed by atoms with Gasteiger partial charge < -0.3 is 9.84 Å². The molecule has 0 unspecified atom stereocenters. The van der Waals surface area contributed by atoms with Crippen LogP contribution in [0.5, 0.6) is 5.75 Å². The van der Waals surface area contributed by atoms with E-state index in [1.165, 1.54) is 49.7 Å². The monoisotopic (exact) mass is 398 g/mol. The van der Waals surface area contributed by atoms with E-state index in [2.05, 4.69) is 19.9 Å². The van der Waals surface area contributed by atoms with E-state index in [4.69, 9.17) is 4.74 Å². The van der Waals surface area contributed by atoms with Crippen LogP contribution in [0.25, 0.3) is 0 Å². The molecule has 0 aliphatic heterocycles. The number of ether oxygens (including phenoxy) is 1. The molecule has 4 rings (SSSR count). The Morgan fingerprint density at radius 3 is 2.79 bits per heavy atom. The number of phenols is 1. The molecule has 3 heteroatoms.